The van der Waals surface area contributed by atoms with Gasteiger partial charge in [0, 0.05) is 16.5 Å². The summed E-state index contributed by atoms with van der Waals surface area (Å²) in [7, 11) is 0. The summed E-state index contributed by atoms with van der Waals surface area (Å²) in [5.74, 6) is 0. The summed E-state index contributed by atoms with van der Waals surface area (Å²) in [5, 5.41) is 2.59. The molecule has 0 aliphatic heterocycles. The van der Waals surface area contributed by atoms with Gasteiger partial charge in [-0.15, -0.1) is 5.73 Å². The van der Waals surface area contributed by atoms with Gasteiger partial charge in [0.05, 0.1) is 11.0 Å². The van der Waals surface area contributed by atoms with Gasteiger partial charge in [0.1, 0.15) is 0 Å². The summed E-state index contributed by atoms with van der Waals surface area (Å²) in [6.07, 6.45) is 8.28. The zero-order chi connectivity index (χ0) is 17.9. The van der Waals surface area contributed by atoms with Crippen molar-refractivity contribution in [3.05, 3.63) is 95.7 Å². The van der Waals surface area contributed by atoms with Crippen LogP contribution in [0.3, 0.4) is 0 Å². The van der Waals surface area contributed by atoms with Gasteiger partial charge in [-0.05, 0) is 47.5 Å². The van der Waals surface area contributed by atoms with E-state index in [0.717, 1.165) is 0 Å². The fourth-order valence-corrected chi connectivity index (χ4v) is 3.60. The monoisotopic (exact) mass is 335 g/mol. The molecule has 1 aliphatic rings. The topological polar surface area (TPSA) is 4.93 Å². The predicted molar refractivity (Wildman–Crippen MR) is 114 cm³/mol. The second kappa shape index (κ2) is 6.92. The molecule has 126 valence electrons. The summed E-state index contributed by atoms with van der Waals surface area (Å²) in [6, 6.07) is 23.6. The molecule has 0 N–H and O–H groups in total. The zero-order valence-corrected chi connectivity index (χ0v) is 15.1. The number of para-hydroxylation sites is 2. The Kier molecular flexibility index (Phi) is 4.31. The lowest BCUT2D eigenvalue weighted by Gasteiger charge is -2.08. The molecule has 1 aliphatic carbocycles. The Labute approximate surface area is 154 Å². The van der Waals surface area contributed by atoms with Crippen molar-refractivity contribution in [3.8, 4) is 5.69 Å². The van der Waals surface area contributed by atoms with Crippen molar-refractivity contribution in [1.82, 2.24) is 4.57 Å². The lowest BCUT2D eigenvalue weighted by Crippen LogP contribution is -1.93. The molecule has 0 radical (unpaired) electrons. The molecule has 1 nitrogen and oxygen atoms in total. The molecule has 0 saturated heterocycles. The number of aromatic nitrogens is 1. The molecule has 4 aromatic rings. The predicted octanol–water partition coefficient (Wildman–Crippen LogP) is 7.01. The summed E-state index contributed by atoms with van der Waals surface area (Å²) < 4.78 is 2.35. The third-order valence-corrected chi connectivity index (χ3v) is 4.62. The summed E-state index contributed by atoms with van der Waals surface area (Å²) in [4.78, 5) is 0. The van der Waals surface area contributed by atoms with Crippen LogP contribution in [0.2, 0.25) is 0 Å². The molecule has 1 aromatic heterocycles. The first-order valence-corrected chi connectivity index (χ1v) is 9.14. The van der Waals surface area contributed by atoms with E-state index in [2.05, 4.69) is 95.3 Å². The summed E-state index contributed by atoms with van der Waals surface area (Å²) in [6.45, 7) is 4.00. The van der Waals surface area contributed by atoms with Gasteiger partial charge in [0.15, 0.2) is 0 Å². The Bertz CT molecular complexity index is 1170. The second-order valence-electron chi connectivity index (χ2n) is 5.99. The van der Waals surface area contributed by atoms with Gasteiger partial charge in [-0.2, -0.15) is 0 Å². The maximum atomic E-state index is 3.21. The van der Waals surface area contributed by atoms with Crippen LogP contribution >= 0.6 is 0 Å². The highest BCUT2D eigenvalue weighted by atomic mass is 15.0. The van der Waals surface area contributed by atoms with E-state index in [1.165, 1.54) is 38.6 Å². The fourth-order valence-electron chi connectivity index (χ4n) is 3.60. The molecule has 26 heavy (non-hydrogen) atoms. The Morgan fingerprint density at radius 2 is 1.54 bits per heavy atom. The van der Waals surface area contributed by atoms with Gasteiger partial charge < -0.3 is 4.57 Å². The van der Waals surface area contributed by atoms with Gasteiger partial charge >= 0.3 is 0 Å². The number of hydrogen-bond donors (Lipinski definition) is 0. The van der Waals surface area contributed by atoms with Gasteiger partial charge in [-0.1, -0.05) is 68.5 Å². The molecule has 0 saturated carbocycles. The van der Waals surface area contributed by atoms with Gasteiger partial charge in [0.25, 0.3) is 0 Å². The van der Waals surface area contributed by atoms with Crippen molar-refractivity contribution in [2.75, 3.05) is 0 Å². The molecule has 0 bridgehead atoms. The van der Waals surface area contributed by atoms with Crippen molar-refractivity contribution in [2.45, 2.75) is 13.8 Å². The van der Waals surface area contributed by atoms with E-state index >= 15 is 0 Å². The van der Waals surface area contributed by atoms with Crippen molar-refractivity contribution in [1.29, 1.82) is 0 Å². The number of nitrogens with zero attached hydrogens (tertiary/aromatic N) is 1. The Morgan fingerprint density at radius 1 is 0.769 bits per heavy atom. The average Bonchev–Trinajstić information content (AvgIpc) is 2.86. The van der Waals surface area contributed by atoms with Gasteiger partial charge in [0.2, 0.25) is 0 Å². The Hall–Kier alpha value is -3.28. The van der Waals surface area contributed by atoms with Crippen LogP contribution < -0.4 is 0 Å². The molecule has 1 heteroatoms. The molecule has 0 atom stereocenters. The fraction of sp³-hybridized carbons (Fsp3) is 0.0800. The molecule has 0 fully saturated rings. The van der Waals surface area contributed by atoms with E-state index < -0.39 is 0 Å². The SMILES string of the molecule is C1=CC=Cc2c(ccc3c2c2ccccc2n3-c2ccccc2)C=1.CC. The minimum Gasteiger partial charge on any atom is -0.309 e. The van der Waals surface area contributed by atoms with E-state index in [1.807, 2.05) is 19.9 Å². The van der Waals surface area contributed by atoms with Crippen LogP contribution in [0.5, 0.6) is 0 Å². The van der Waals surface area contributed by atoms with Crippen molar-refractivity contribution < 1.29 is 0 Å². The zero-order valence-electron chi connectivity index (χ0n) is 15.1. The summed E-state index contributed by atoms with van der Waals surface area (Å²) in [5.41, 5.74) is 9.35. The number of allylic oxidation sites excluding steroid dienone is 2. The molecule has 0 amide bonds. The first-order valence-electron chi connectivity index (χ1n) is 9.14. The van der Waals surface area contributed by atoms with E-state index in [4.69, 9.17) is 0 Å². The number of fused-ring (bicyclic) bond motifs is 5. The molecule has 0 unspecified atom stereocenters. The molecule has 0 spiro atoms. The highest BCUT2D eigenvalue weighted by Crippen LogP contribution is 2.36. The van der Waals surface area contributed by atoms with E-state index in [0.29, 0.717) is 0 Å². The smallest absolute Gasteiger partial charge is 0.0547 e. The van der Waals surface area contributed by atoms with E-state index in [-0.39, 0.29) is 0 Å². The van der Waals surface area contributed by atoms with Crippen molar-refractivity contribution >= 4 is 34.0 Å². The first kappa shape index (κ1) is 16.2. The molecule has 1 heterocycles. The molecular weight excluding hydrogens is 314 g/mol. The Balaban J connectivity index is 0.000000814. The Morgan fingerprint density at radius 3 is 2.38 bits per heavy atom. The van der Waals surface area contributed by atoms with Crippen LogP contribution in [-0.4, -0.2) is 4.57 Å². The maximum absolute atomic E-state index is 3.21. The van der Waals surface area contributed by atoms with E-state index in [1.54, 1.807) is 0 Å². The second-order valence-corrected chi connectivity index (χ2v) is 5.99. The van der Waals surface area contributed by atoms with Crippen LogP contribution in [0.1, 0.15) is 25.0 Å². The maximum Gasteiger partial charge on any atom is 0.0547 e. The lowest BCUT2D eigenvalue weighted by atomic mass is 10.0. The minimum atomic E-state index is 1.19. The first-order chi connectivity index (χ1) is 12.9. The van der Waals surface area contributed by atoms with Gasteiger partial charge in [-0.25, -0.2) is 0 Å². The molecular formula is C25H21N. The van der Waals surface area contributed by atoms with E-state index in [9.17, 15) is 0 Å². The standard InChI is InChI=1S/C23H15N.C2H6/c1-3-9-17-15-16-22-23(19(17)12-6-1)20-13-7-8-14-21(20)24(22)18-10-4-2-5-11-18;1-2/h1-2,4-16H;1-2H3. The van der Waals surface area contributed by atoms with Crippen LogP contribution in [0.25, 0.3) is 39.6 Å². The number of rotatable bonds is 1. The minimum absolute atomic E-state index is 1.19. The van der Waals surface area contributed by atoms with Crippen LogP contribution in [0, 0.1) is 0 Å². The highest BCUT2D eigenvalue weighted by Gasteiger charge is 2.15. The highest BCUT2D eigenvalue weighted by molar-refractivity contribution is 6.14. The third kappa shape index (κ3) is 2.50. The number of benzene rings is 3. The van der Waals surface area contributed by atoms with Crippen LogP contribution in [0.15, 0.2) is 84.6 Å². The average molecular weight is 335 g/mol. The van der Waals surface area contributed by atoms with Crippen LogP contribution in [0.4, 0.5) is 0 Å². The third-order valence-electron chi connectivity index (χ3n) is 4.62. The van der Waals surface area contributed by atoms with Crippen LogP contribution in [-0.2, 0) is 0 Å². The molecule has 3 aromatic carbocycles. The quantitative estimate of drug-likeness (QED) is 0.330. The van der Waals surface area contributed by atoms with Crippen molar-refractivity contribution in [3.63, 3.8) is 0 Å². The lowest BCUT2D eigenvalue weighted by molar-refractivity contribution is 1.18. The van der Waals surface area contributed by atoms with Gasteiger partial charge in [-0.3, -0.25) is 0 Å². The molecule has 5 rings (SSSR count). The normalized spacial score (nSPS) is 11.9. The van der Waals surface area contributed by atoms with Crippen molar-refractivity contribution in [2.24, 2.45) is 0 Å². The largest absolute Gasteiger partial charge is 0.309 e. The summed E-state index contributed by atoms with van der Waals surface area (Å²) >= 11 is 0. The number of hydrogen-bond acceptors (Lipinski definition) is 0.